The summed E-state index contributed by atoms with van der Waals surface area (Å²) in [5, 5.41) is 16.5. The van der Waals surface area contributed by atoms with E-state index in [4.69, 9.17) is 9.94 Å². The first-order chi connectivity index (χ1) is 16.2. The van der Waals surface area contributed by atoms with Gasteiger partial charge in [-0.25, -0.2) is 4.79 Å². The van der Waals surface area contributed by atoms with Crippen LogP contribution in [0.3, 0.4) is 0 Å². The molecule has 0 heterocycles. The van der Waals surface area contributed by atoms with Crippen LogP contribution in [0, 0.1) is 0 Å². The van der Waals surface area contributed by atoms with Crippen LogP contribution in [-0.2, 0) is 9.53 Å². The Bertz CT molecular complexity index is 1170. The van der Waals surface area contributed by atoms with Gasteiger partial charge in [-0.05, 0) is 33.9 Å². The van der Waals surface area contributed by atoms with Crippen molar-refractivity contribution >= 4 is 30.0 Å². The third-order valence-corrected chi connectivity index (χ3v) is 5.40. The monoisotopic (exact) mass is 441 g/mol. The van der Waals surface area contributed by atoms with Crippen LogP contribution in [0.15, 0.2) is 84.0 Å². The smallest absolute Gasteiger partial charge is 0.407 e. The SMILES string of the molecule is O=C(C=NO)Nc1ccccc1C=CCNC(=O)OCC1c2ccccc2-c2ccccc21. The van der Waals surface area contributed by atoms with Gasteiger partial charge in [0.2, 0.25) is 0 Å². The van der Waals surface area contributed by atoms with E-state index < -0.39 is 12.0 Å². The van der Waals surface area contributed by atoms with E-state index in [-0.39, 0.29) is 19.1 Å². The second-order valence-corrected chi connectivity index (χ2v) is 7.43. The fourth-order valence-corrected chi connectivity index (χ4v) is 3.95. The first kappa shape index (κ1) is 21.8. The zero-order valence-electron chi connectivity index (χ0n) is 17.8. The number of ether oxygens (including phenoxy) is 1. The molecule has 0 fully saturated rings. The lowest BCUT2D eigenvalue weighted by Gasteiger charge is -2.14. The van der Waals surface area contributed by atoms with Crippen molar-refractivity contribution in [3.63, 3.8) is 0 Å². The van der Waals surface area contributed by atoms with Gasteiger partial charge >= 0.3 is 6.09 Å². The van der Waals surface area contributed by atoms with Gasteiger partial charge < -0.3 is 20.6 Å². The second-order valence-electron chi connectivity index (χ2n) is 7.43. The number of rotatable bonds is 7. The number of alkyl carbamates (subject to hydrolysis) is 1. The fourth-order valence-electron chi connectivity index (χ4n) is 3.95. The van der Waals surface area contributed by atoms with Crippen molar-refractivity contribution < 1.29 is 19.5 Å². The number of para-hydroxylation sites is 1. The van der Waals surface area contributed by atoms with Gasteiger partial charge in [-0.2, -0.15) is 0 Å². The van der Waals surface area contributed by atoms with Gasteiger partial charge in [-0.1, -0.05) is 84.0 Å². The third kappa shape index (κ3) is 5.10. The molecule has 0 bridgehead atoms. The zero-order valence-corrected chi connectivity index (χ0v) is 17.8. The number of hydrogen-bond donors (Lipinski definition) is 3. The number of nitrogens with one attached hydrogen (secondary N) is 2. The molecule has 0 saturated carbocycles. The molecular formula is C26H23N3O4. The number of fused-ring (bicyclic) bond motifs is 3. The number of carbonyl (C=O) groups excluding carboxylic acids is 2. The maximum Gasteiger partial charge on any atom is 0.407 e. The van der Waals surface area contributed by atoms with E-state index >= 15 is 0 Å². The summed E-state index contributed by atoms with van der Waals surface area (Å²) in [4.78, 5) is 23.9. The number of amides is 2. The molecular weight excluding hydrogens is 418 g/mol. The highest BCUT2D eigenvalue weighted by atomic mass is 16.5. The van der Waals surface area contributed by atoms with Crippen molar-refractivity contribution in [2.24, 2.45) is 5.16 Å². The van der Waals surface area contributed by atoms with Gasteiger partial charge in [0.05, 0.1) is 0 Å². The highest BCUT2D eigenvalue weighted by Gasteiger charge is 2.28. The molecule has 0 unspecified atom stereocenters. The Hall–Kier alpha value is -4.39. The normalized spacial score (nSPS) is 12.5. The molecule has 1 aliphatic rings. The van der Waals surface area contributed by atoms with Crippen LogP contribution >= 0.6 is 0 Å². The van der Waals surface area contributed by atoms with Gasteiger partial charge in [0.1, 0.15) is 12.8 Å². The maximum absolute atomic E-state index is 12.3. The van der Waals surface area contributed by atoms with E-state index in [9.17, 15) is 9.59 Å². The molecule has 0 spiro atoms. The van der Waals surface area contributed by atoms with Gasteiger partial charge in [0.25, 0.3) is 5.91 Å². The lowest BCUT2D eigenvalue weighted by atomic mass is 9.98. The molecule has 1 aliphatic carbocycles. The number of oxime groups is 1. The van der Waals surface area contributed by atoms with E-state index in [2.05, 4.69) is 40.1 Å². The summed E-state index contributed by atoms with van der Waals surface area (Å²) in [7, 11) is 0. The van der Waals surface area contributed by atoms with Crippen LogP contribution in [0.5, 0.6) is 0 Å². The predicted octanol–water partition coefficient (Wildman–Crippen LogP) is 4.64. The zero-order chi connectivity index (χ0) is 23.0. The van der Waals surface area contributed by atoms with Crippen LogP contribution in [0.2, 0.25) is 0 Å². The Kier molecular flexibility index (Phi) is 6.80. The van der Waals surface area contributed by atoms with Crippen LogP contribution in [0.1, 0.15) is 22.6 Å². The van der Waals surface area contributed by atoms with E-state index in [0.29, 0.717) is 5.69 Å². The highest BCUT2D eigenvalue weighted by molar-refractivity contribution is 6.31. The van der Waals surface area contributed by atoms with Crippen molar-refractivity contribution in [3.8, 4) is 11.1 Å². The Morgan fingerprint density at radius 2 is 1.58 bits per heavy atom. The quantitative estimate of drug-likeness (QED) is 0.283. The molecule has 7 nitrogen and oxygen atoms in total. The molecule has 2 amide bonds. The first-order valence-electron chi connectivity index (χ1n) is 10.5. The fraction of sp³-hybridized carbons (Fsp3) is 0.115. The highest BCUT2D eigenvalue weighted by Crippen LogP contribution is 2.44. The second kappa shape index (κ2) is 10.3. The average Bonchev–Trinajstić information content (AvgIpc) is 3.15. The van der Waals surface area contributed by atoms with Gasteiger partial charge in [-0.15, -0.1) is 0 Å². The van der Waals surface area contributed by atoms with E-state index in [1.165, 1.54) is 11.1 Å². The molecule has 4 rings (SSSR count). The summed E-state index contributed by atoms with van der Waals surface area (Å²) in [6.45, 7) is 0.516. The van der Waals surface area contributed by atoms with Crippen molar-refractivity contribution in [2.45, 2.75) is 5.92 Å². The van der Waals surface area contributed by atoms with Crippen LogP contribution in [-0.4, -0.2) is 36.6 Å². The lowest BCUT2D eigenvalue weighted by Crippen LogP contribution is -2.26. The Balaban J connectivity index is 1.32. The molecule has 33 heavy (non-hydrogen) atoms. The molecule has 0 radical (unpaired) electrons. The minimum Gasteiger partial charge on any atom is -0.449 e. The minimum atomic E-state index is -0.546. The summed E-state index contributed by atoms with van der Waals surface area (Å²) in [5.74, 6) is -0.535. The minimum absolute atomic E-state index is 0.0108. The lowest BCUT2D eigenvalue weighted by molar-refractivity contribution is -0.110. The van der Waals surface area contributed by atoms with Crippen molar-refractivity contribution in [2.75, 3.05) is 18.5 Å². The number of nitrogens with zero attached hydrogens (tertiary/aromatic N) is 1. The van der Waals surface area contributed by atoms with Crippen molar-refractivity contribution in [1.82, 2.24) is 5.32 Å². The Labute approximate surface area is 191 Å². The van der Waals surface area contributed by atoms with Gasteiger partial charge in [-0.3, -0.25) is 4.79 Å². The topological polar surface area (TPSA) is 100 Å². The molecule has 0 aliphatic heterocycles. The Morgan fingerprint density at radius 3 is 2.27 bits per heavy atom. The summed E-state index contributed by atoms with van der Waals surface area (Å²) in [5.41, 5.74) is 5.99. The van der Waals surface area contributed by atoms with Crippen LogP contribution in [0.4, 0.5) is 10.5 Å². The van der Waals surface area contributed by atoms with Gasteiger partial charge in [0.15, 0.2) is 0 Å². The molecule has 0 saturated heterocycles. The van der Waals surface area contributed by atoms with Crippen LogP contribution in [0.25, 0.3) is 17.2 Å². The average molecular weight is 441 g/mol. The van der Waals surface area contributed by atoms with Crippen LogP contribution < -0.4 is 10.6 Å². The van der Waals surface area contributed by atoms with Gasteiger partial charge in [0, 0.05) is 18.2 Å². The third-order valence-electron chi connectivity index (χ3n) is 5.40. The Morgan fingerprint density at radius 1 is 0.939 bits per heavy atom. The number of anilines is 1. The summed E-state index contributed by atoms with van der Waals surface area (Å²) >= 11 is 0. The van der Waals surface area contributed by atoms with E-state index in [0.717, 1.165) is 22.9 Å². The number of benzene rings is 3. The predicted molar refractivity (Wildman–Crippen MR) is 127 cm³/mol. The molecule has 0 atom stereocenters. The number of hydrogen-bond acceptors (Lipinski definition) is 5. The van der Waals surface area contributed by atoms with Crippen molar-refractivity contribution in [3.05, 3.63) is 95.6 Å². The largest absolute Gasteiger partial charge is 0.449 e. The molecule has 3 N–H and O–H groups in total. The van der Waals surface area contributed by atoms with Crippen molar-refractivity contribution in [1.29, 1.82) is 0 Å². The summed E-state index contributed by atoms with van der Waals surface area (Å²) < 4.78 is 5.52. The van der Waals surface area contributed by atoms with E-state index in [1.54, 1.807) is 24.3 Å². The molecule has 0 aromatic heterocycles. The summed E-state index contributed by atoms with van der Waals surface area (Å²) in [6, 6.07) is 23.5. The summed E-state index contributed by atoms with van der Waals surface area (Å²) in [6.07, 6.45) is 3.81. The molecule has 3 aromatic rings. The number of carbonyl (C=O) groups is 2. The first-order valence-corrected chi connectivity index (χ1v) is 10.5. The molecule has 3 aromatic carbocycles. The standard InChI is InChI=1S/C26H23N3O4/c30-25(16-28-32)29-24-14-6-1-8-18(24)9-7-15-27-26(31)33-17-23-21-12-4-2-10-19(21)20-11-3-5-13-22(20)23/h1-14,16,23,32H,15,17H2,(H,27,31)(H,29,30). The molecule has 7 heteroatoms. The molecule has 166 valence electrons. The van der Waals surface area contributed by atoms with E-state index in [1.807, 2.05) is 36.4 Å². The maximum atomic E-state index is 12.3.